The number of nitrogens with one attached hydrogen (secondary N) is 1. The molecule has 1 aliphatic carbocycles. The Morgan fingerprint density at radius 1 is 1.18 bits per heavy atom. The first-order valence-electron chi connectivity index (χ1n) is 8.74. The molecule has 1 amide bonds. The van der Waals surface area contributed by atoms with Crippen LogP contribution in [-0.4, -0.2) is 30.4 Å². The van der Waals surface area contributed by atoms with Crippen LogP contribution in [0.15, 0.2) is 18.2 Å². The lowest BCUT2D eigenvalue weighted by molar-refractivity contribution is -0.116. The highest BCUT2D eigenvalue weighted by molar-refractivity contribution is 5.91. The highest BCUT2D eigenvalue weighted by atomic mass is 16.1. The summed E-state index contributed by atoms with van der Waals surface area (Å²) in [5.41, 5.74) is 3.83. The van der Waals surface area contributed by atoms with E-state index in [1.54, 1.807) is 0 Å². The molecule has 0 spiro atoms. The molecule has 1 heterocycles. The molecule has 3 rings (SSSR count). The fourth-order valence-corrected chi connectivity index (χ4v) is 4.11. The third-order valence-corrected chi connectivity index (χ3v) is 4.98. The second-order valence-corrected chi connectivity index (χ2v) is 7.34. The number of amides is 1. The number of carbonyl (C=O) groups is 1. The summed E-state index contributed by atoms with van der Waals surface area (Å²) in [7, 11) is 0. The van der Waals surface area contributed by atoms with E-state index in [-0.39, 0.29) is 5.91 Å². The van der Waals surface area contributed by atoms with Crippen molar-refractivity contribution in [2.45, 2.75) is 46.0 Å². The molecule has 0 aromatic heterocycles. The summed E-state index contributed by atoms with van der Waals surface area (Å²) in [6, 6.07) is 6.38. The zero-order valence-corrected chi connectivity index (χ0v) is 13.9. The minimum atomic E-state index is 0.142. The number of fused-ring (bicyclic) bond motifs is 1. The van der Waals surface area contributed by atoms with Crippen LogP contribution in [0.1, 0.15) is 44.2 Å². The first-order chi connectivity index (χ1) is 10.6. The average Bonchev–Trinajstić information content (AvgIpc) is 2.92. The standard InChI is InChI=1S/C19H28N2O/c1-14-10-15(2)13-21(12-14)9-8-19(22)20-18-7-6-16-4-3-5-17(16)11-18/h6-7,11,14-15H,3-5,8-10,12-13H2,1-2H3,(H,20,22)/t14-,15-/m0/s1. The largest absolute Gasteiger partial charge is 0.326 e. The van der Waals surface area contributed by atoms with Gasteiger partial charge in [-0.05, 0) is 60.8 Å². The Morgan fingerprint density at radius 3 is 2.68 bits per heavy atom. The number of aryl methyl sites for hydroxylation is 2. The van der Waals surface area contributed by atoms with E-state index >= 15 is 0 Å². The van der Waals surface area contributed by atoms with Crippen LogP contribution in [0.5, 0.6) is 0 Å². The summed E-state index contributed by atoms with van der Waals surface area (Å²) < 4.78 is 0. The van der Waals surface area contributed by atoms with Gasteiger partial charge in [0.05, 0.1) is 0 Å². The van der Waals surface area contributed by atoms with Crippen molar-refractivity contribution >= 4 is 11.6 Å². The van der Waals surface area contributed by atoms with Crippen LogP contribution in [0.4, 0.5) is 5.69 Å². The molecule has 0 saturated carbocycles. The zero-order valence-electron chi connectivity index (χ0n) is 13.9. The molecule has 0 unspecified atom stereocenters. The third kappa shape index (κ3) is 3.89. The van der Waals surface area contributed by atoms with E-state index in [0.29, 0.717) is 6.42 Å². The number of anilines is 1. The van der Waals surface area contributed by atoms with E-state index in [2.05, 4.69) is 36.2 Å². The van der Waals surface area contributed by atoms with Gasteiger partial charge in [-0.1, -0.05) is 19.9 Å². The molecular formula is C19H28N2O. The summed E-state index contributed by atoms with van der Waals surface area (Å²) in [6.07, 6.45) is 5.50. The van der Waals surface area contributed by atoms with E-state index in [4.69, 9.17) is 0 Å². The average molecular weight is 300 g/mol. The van der Waals surface area contributed by atoms with Crippen LogP contribution in [-0.2, 0) is 17.6 Å². The first-order valence-corrected chi connectivity index (χ1v) is 8.74. The maximum Gasteiger partial charge on any atom is 0.225 e. The monoisotopic (exact) mass is 300 g/mol. The molecule has 1 aromatic carbocycles. The van der Waals surface area contributed by atoms with E-state index in [9.17, 15) is 4.79 Å². The SMILES string of the molecule is C[C@H]1C[C@H](C)CN(CCC(=O)Nc2ccc3c(c2)CCC3)C1. The van der Waals surface area contributed by atoms with Gasteiger partial charge >= 0.3 is 0 Å². The number of piperidine rings is 1. The predicted octanol–water partition coefficient (Wildman–Crippen LogP) is 3.48. The van der Waals surface area contributed by atoms with Crippen molar-refractivity contribution in [1.29, 1.82) is 0 Å². The first kappa shape index (κ1) is 15.5. The minimum Gasteiger partial charge on any atom is -0.326 e. The van der Waals surface area contributed by atoms with Crippen molar-refractivity contribution in [3.05, 3.63) is 29.3 Å². The summed E-state index contributed by atoms with van der Waals surface area (Å²) in [5, 5.41) is 3.07. The Balaban J connectivity index is 1.48. The van der Waals surface area contributed by atoms with Gasteiger partial charge in [-0.2, -0.15) is 0 Å². The molecule has 2 aliphatic rings. The number of hydrogen-bond donors (Lipinski definition) is 1. The summed E-state index contributed by atoms with van der Waals surface area (Å²) in [5.74, 6) is 1.65. The van der Waals surface area contributed by atoms with Gasteiger partial charge in [0.1, 0.15) is 0 Å². The molecule has 1 fully saturated rings. The quantitative estimate of drug-likeness (QED) is 0.923. The third-order valence-electron chi connectivity index (χ3n) is 4.98. The second kappa shape index (κ2) is 6.82. The molecule has 1 aliphatic heterocycles. The highest BCUT2D eigenvalue weighted by Gasteiger charge is 2.22. The van der Waals surface area contributed by atoms with Gasteiger partial charge < -0.3 is 10.2 Å². The maximum atomic E-state index is 12.2. The van der Waals surface area contributed by atoms with Gasteiger partial charge in [-0.3, -0.25) is 4.79 Å². The Morgan fingerprint density at radius 2 is 1.91 bits per heavy atom. The van der Waals surface area contributed by atoms with Gasteiger partial charge in [-0.15, -0.1) is 0 Å². The number of benzene rings is 1. The Kier molecular flexibility index (Phi) is 4.82. The molecule has 2 atom stereocenters. The topological polar surface area (TPSA) is 32.3 Å². The van der Waals surface area contributed by atoms with Crippen LogP contribution in [0.3, 0.4) is 0 Å². The minimum absolute atomic E-state index is 0.142. The summed E-state index contributed by atoms with van der Waals surface area (Å²) >= 11 is 0. The molecular weight excluding hydrogens is 272 g/mol. The number of likely N-dealkylation sites (tertiary alicyclic amines) is 1. The van der Waals surface area contributed by atoms with Crippen molar-refractivity contribution in [1.82, 2.24) is 4.90 Å². The van der Waals surface area contributed by atoms with E-state index in [1.807, 2.05) is 6.07 Å². The number of rotatable bonds is 4. The molecule has 0 bridgehead atoms. The lowest BCUT2D eigenvalue weighted by Crippen LogP contribution is -2.40. The van der Waals surface area contributed by atoms with Crippen LogP contribution in [0.25, 0.3) is 0 Å². The van der Waals surface area contributed by atoms with Crippen molar-refractivity contribution in [3.63, 3.8) is 0 Å². The smallest absolute Gasteiger partial charge is 0.225 e. The fraction of sp³-hybridized carbons (Fsp3) is 0.632. The normalized spacial score (nSPS) is 25.0. The van der Waals surface area contributed by atoms with Gasteiger partial charge in [0.2, 0.25) is 5.91 Å². The number of hydrogen-bond acceptors (Lipinski definition) is 2. The molecule has 3 heteroatoms. The Labute approximate surface area is 134 Å². The molecule has 120 valence electrons. The van der Waals surface area contributed by atoms with Crippen LogP contribution >= 0.6 is 0 Å². The second-order valence-electron chi connectivity index (χ2n) is 7.34. The van der Waals surface area contributed by atoms with Gasteiger partial charge in [0.25, 0.3) is 0 Å². The summed E-state index contributed by atoms with van der Waals surface area (Å²) in [4.78, 5) is 14.6. The van der Waals surface area contributed by atoms with E-state index in [1.165, 1.54) is 30.4 Å². The molecule has 22 heavy (non-hydrogen) atoms. The number of carbonyl (C=O) groups excluding carboxylic acids is 1. The Hall–Kier alpha value is -1.35. The molecule has 1 N–H and O–H groups in total. The highest BCUT2D eigenvalue weighted by Crippen LogP contribution is 2.25. The van der Waals surface area contributed by atoms with Crippen molar-refractivity contribution in [3.8, 4) is 0 Å². The van der Waals surface area contributed by atoms with E-state index < -0.39 is 0 Å². The van der Waals surface area contributed by atoms with Crippen molar-refractivity contribution in [2.75, 3.05) is 25.0 Å². The fourth-order valence-electron chi connectivity index (χ4n) is 4.11. The number of nitrogens with zero attached hydrogens (tertiary/aromatic N) is 1. The van der Waals surface area contributed by atoms with Crippen LogP contribution in [0.2, 0.25) is 0 Å². The van der Waals surface area contributed by atoms with Crippen molar-refractivity contribution in [2.24, 2.45) is 11.8 Å². The lowest BCUT2D eigenvalue weighted by Gasteiger charge is -2.34. The van der Waals surface area contributed by atoms with Crippen molar-refractivity contribution < 1.29 is 4.79 Å². The predicted molar refractivity (Wildman–Crippen MR) is 91.1 cm³/mol. The van der Waals surface area contributed by atoms with Gasteiger partial charge in [0.15, 0.2) is 0 Å². The summed E-state index contributed by atoms with van der Waals surface area (Å²) in [6.45, 7) is 7.78. The zero-order chi connectivity index (χ0) is 15.5. The van der Waals surface area contributed by atoms with Crippen LogP contribution in [0, 0.1) is 11.8 Å². The van der Waals surface area contributed by atoms with Gasteiger partial charge in [0, 0.05) is 31.7 Å². The van der Waals surface area contributed by atoms with Gasteiger partial charge in [-0.25, -0.2) is 0 Å². The Bertz CT molecular complexity index is 530. The molecule has 3 nitrogen and oxygen atoms in total. The van der Waals surface area contributed by atoms with E-state index in [0.717, 1.165) is 43.6 Å². The molecule has 0 radical (unpaired) electrons. The molecule has 1 aromatic rings. The van der Waals surface area contributed by atoms with Crippen LogP contribution < -0.4 is 5.32 Å². The molecule has 1 saturated heterocycles. The maximum absolute atomic E-state index is 12.2. The lowest BCUT2D eigenvalue weighted by atomic mass is 9.92.